The molecule has 2 fully saturated rings. The molecule has 42 heavy (non-hydrogen) atoms. The quantitative estimate of drug-likeness (QED) is 0.166. The number of ether oxygens (including phenoxy) is 6. The van der Waals surface area contributed by atoms with Crippen molar-refractivity contribution in [2.45, 2.75) is 122 Å². The fourth-order valence-electron chi connectivity index (χ4n) is 5.48. The number of esters is 1. The van der Waals surface area contributed by atoms with Crippen molar-refractivity contribution in [1.82, 2.24) is 4.90 Å². The van der Waals surface area contributed by atoms with E-state index in [1.165, 1.54) is 6.07 Å². The molecular formula is C32H50FNO8. The Labute approximate surface area is 250 Å². The van der Waals surface area contributed by atoms with Gasteiger partial charge in [0.05, 0.1) is 24.9 Å². The van der Waals surface area contributed by atoms with Gasteiger partial charge in [-0.05, 0) is 105 Å². The molecule has 0 radical (unpaired) electrons. The smallest absolute Gasteiger partial charge is 0.410 e. The third-order valence-electron chi connectivity index (χ3n) is 7.28. The average Bonchev–Trinajstić information content (AvgIpc) is 2.89. The molecule has 1 heterocycles. The average molecular weight is 596 g/mol. The van der Waals surface area contributed by atoms with E-state index in [0.717, 1.165) is 25.7 Å². The lowest BCUT2D eigenvalue weighted by molar-refractivity contribution is -0.157. The molecule has 2 atom stereocenters. The van der Waals surface area contributed by atoms with E-state index >= 15 is 4.39 Å². The molecule has 1 aliphatic carbocycles. The maximum Gasteiger partial charge on any atom is 0.410 e. The second-order valence-corrected chi connectivity index (χ2v) is 13.0. The lowest BCUT2D eigenvalue weighted by Gasteiger charge is -2.42. The molecule has 2 unspecified atom stereocenters. The van der Waals surface area contributed by atoms with Crippen molar-refractivity contribution in [3.8, 4) is 5.75 Å². The topological polar surface area (TPSA) is 92.8 Å². The van der Waals surface area contributed by atoms with Crippen LogP contribution >= 0.6 is 0 Å². The third-order valence-corrected chi connectivity index (χ3v) is 7.28. The van der Waals surface area contributed by atoms with Crippen molar-refractivity contribution in [1.29, 1.82) is 0 Å². The van der Waals surface area contributed by atoms with Gasteiger partial charge in [0.1, 0.15) is 29.6 Å². The Bertz CT molecular complexity index is 1010. The molecule has 0 aromatic heterocycles. The van der Waals surface area contributed by atoms with Crippen LogP contribution in [0.5, 0.6) is 5.75 Å². The lowest BCUT2D eigenvalue weighted by atomic mass is 9.82. The summed E-state index contributed by atoms with van der Waals surface area (Å²) in [5, 5.41) is 0. The second-order valence-electron chi connectivity index (χ2n) is 13.0. The molecule has 1 aromatic carbocycles. The van der Waals surface area contributed by atoms with Crippen molar-refractivity contribution < 1.29 is 42.4 Å². The van der Waals surface area contributed by atoms with Crippen LogP contribution in [0.3, 0.4) is 0 Å². The van der Waals surface area contributed by atoms with Crippen molar-refractivity contribution in [3.05, 3.63) is 29.6 Å². The SMILES string of the molecule is CCOCOC1CCCN(C(=O)OC(C)(C)C)C1COC1CCC(c2c(F)cccc2OCC(=O)OC(C)(C)C)CC1. The van der Waals surface area contributed by atoms with Crippen molar-refractivity contribution in [3.63, 3.8) is 0 Å². The van der Waals surface area contributed by atoms with Crippen molar-refractivity contribution in [2.75, 3.05) is 33.2 Å². The van der Waals surface area contributed by atoms with E-state index < -0.39 is 17.2 Å². The molecule has 1 aliphatic heterocycles. The van der Waals surface area contributed by atoms with Crippen LogP contribution in [0.25, 0.3) is 0 Å². The predicted molar refractivity (Wildman–Crippen MR) is 156 cm³/mol. The molecule has 10 heteroatoms. The van der Waals surface area contributed by atoms with Crippen LogP contribution < -0.4 is 4.74 Å². The zero-order chi connectivity index (χ0) is 30.9. The number of carbonyl (C=O) groups is 2. The molecule has 1 aromatic rings. The molecule has 0 N–H and O–H groups in total. The van der Waals surface area contributed by atoms with Crippen LogP contribution in [0.2, 0.25) is 0 Å². The van der Waals surface area contributed by atoms with E-state index in [4.69, 9.17) is 28.4 Å². The highest BCUT2D eigenvalue weighted by atomic mass is 19.1. The van der Waals surface area contributed by atoms with Crippen LogP contribution in [0, 0.1) is 5.82 Å². The fraction of sp³-hybridized carbons (Fsp3) is 0.750. The Morgan fingerprint density at radius 1 is 0.952 bits per heavy atom. The highest BCUT2D eigenvalue weighted by Crippen LogP contribution is 2.40. The van der Waals surface area contributed by atoms with E-state index in [0.29, 0.717) is 43.9 Å². The Morgan fingerprint density at radius 3 is 2.29 bits per heavy atom. The predicted octanol–water partition coefficient (Wildman–Crippen LogP) is 6.37. The summed E-state index contributed by atoms with van der Waals surface area (Å²) in [5.41, 5.74) is -0.741. The van der Waals surface area contributed by atoms with E-state index in [-0.39, 0.29) is 49.5 Å². The van der Waals surface area contributed by atoms with Gasteiger partial charge in [0.2, 0.25) is 0 Å². The molecule has 0 spiro atoms. The standard InChI is InChI=1S/C32H50FNO8/c1-8-37-21-40-26-13-10-18-34(30(36)42-32(5,6)7)25(26)19-38-23-16-14-22(15-17-23)29-24(33)11-9-12-27(29)39-20-28(35)41-31(2,3)4/h9,11-12,22-23,25-26H,8,10,13-21H2,1-7H3. The van der Waals surface area contributed by atoms with E-state index in [1.807, 2.05) is 27.7 Å². The molecule has 238 valence electrons. The summed E-state index contributed by atoms with van der Waals surface area (Å²) >= 11 is 0. The van der Waals surface area contributed by atoms with Gasteiger partial charge in [-0.1, -0.05) is 6.07 Å². The van der Waals surface area contributed by atoms with E-state index in [1.54, 1.807) is 37.8 Å². The Hall–Kier alpha value is -2.43. The first-order chi connectivity index (χ1) is 19.8. The zero-order valence-corrected chi connectivity index (χ0v) is 26.4. The second kappa shape index (κ2) is 15.3. The molecule has 1 saturated heterocycles. The number of likely N-dealkylation sites (tertiary alicyclic amines) is 1. The van der Waals surface area contributed by atoms with Gasteiger partial charge in [0, 0.05) is 18.7 Å². The van der Waals surface area contributed by atoms with Crippen LogP contribution in [0.1, 0.15) is 98.5 Å². The minimum atomic E-state index is -0.624. The summed E-state index contributed by atoms with van der Waals surface area (Å²) in [5.74, 6) is -0.531. The van der Waals surface area contributed by atoms with Gasteiger partial charge in [0.15, 0.2) is 6.61 Å². The number of amides is 1. The number of halogens is 1. The number of benzene rings is 1. The van der Waals surface area contributed by atoms with Crippen LogP contribution in [0.15, 0.2) is 18.2 Å². The third kappa shape index (κ3) is 10.7. The summed E-state index contributed by atoms with van der Waals surface area (Å²) in [6.45, 7) is 14.1. The molecule has 0 bridgehead atoms. The Balaban J connectivity index is 1.61. The van der Waals surface area contributed by atoms with Gasteiger partial charge >= 0.3 is 12.1 Å². The molecule has 1 saturated carbocycles. The number of hydrogen-bond donors (Lipinski definition) is 0. The Kier molecular flexibility index (Phi) is 12.4. The first kappa shape index (κ1) is 34.1. The minimum Gasteiger partial charge on any atom is -0.482 e. The number of rotatable bonds is 11. The molecular weight excluding hydrogens is 545 g/mol. The first-order valence-electron chi connectivity index (χ1n) is 15.2. The maximum atomic E-state index is 15.0. The highest BCUT2D eigenvalue weighted by molar-refractivity contribution is 5.71. The van der Waals surface area contributed by atoms with Crippen LogP contribution in [-0.2, 0) is 28.5 Å². The summed E-state index contributed by atoms with van der Waals surface area (Å²) < 4.78 is 49.6. The van der Waals surface area contributed by atoms with Crippen molar-refractivity contribution in [2.24, 2.45) is 0 Å². The van der Waals surface area contributed by atoms with Gasteiger partial charge in [0.25, 0.3) is 0 Å². The fourth-order valence-corrected chi connectivity index (χ4v) is 5.48. The largest absolute Gasteiger partial charge is 0.482 e. The summed E-state index contributed by atoms with van der Waals surface area (Å²) in [6.07, 6.45) is 3.85. The van der Waals surface area contributed by atoms with Gasteiger partial charge in [-0.2, -0.15) is 0 Å². The monoisotopic (exact) mass is 595 g/mol. The molecule has 1 amide bonds. The summed E-state index contributed by atoms with van der Waals surface area (Å²) in [6, 6.07) is 4.41. The van der Waals surface area contributed by atoms with Gasteiger partial charge < -0.3 is 33.3 Å². The summed E-state index contributed by atoms with van der Waals surface area (Å²) in [4.78, 5) is 27.0. The number of carbonyl (C=O) groups excluding carboxylic acids is 2. The van der Waals surface area contributed by atoms with Crippen molar-refractivity contribution >= 4 is 12.1 Å². The lowest BCUT2D eigenvalue weighted by Crippen LogP contribution is -2.55. The maximum absolute atomic E-state index is 15.0. The number of hydrogen-bond acceptors (Lipinski definition) is 8. The molecule has 3 rings (SSSR count). The Morgan fingerprint density at radius 2 is 1.64 bits per heavy atom. The zero-order valence-electron chi connectivity index (χ0n) is 26.4. The van der Waals surface area contributed by atoms with E-state index in [9.17, 15) is 9.59 Å². The van der Waals surface area contributed by atoms with Crippen LogP contribution in [0.4, 0.5) is 9.18 Å². The normalized spacial score (nSPS) is 23.4. The molecule has 2 aliphatic rings. The minimum absolute atomic E-state index is 0.0332. The molecule has 9 nitrogen and oxygen atoms in total. The number of nitrogens with zero attached hydrogens (tertiary/aromatic N) is 1. The van der Waals surface area contributed by atoms with Gasteiger partial charge in [-0.3, -0.25) is 0 Å². The van der Waals surface area contributed by atoms with E-state index in [2.05, 4.69) is 0 Å². The highest BCUT2D eigenvalue weighted by Gasteiger charge is 2.38. The van der Waals surface area contributed by atoms with Gasteiger partial charge in [-0.15, -0.1) is 0 Å². The van der Waals surface area contributed by atoms with Crippen LogP contribution in [-0.4, -0.2) is 79.6 Å². The summed E-state index contributed by atoms with van der Waals surface area (Å²) in [7, 11) is 0. The van der Waals surface area contributed by atoms with Gasteiger partial charge in [-0.25, -0.2) is 14.0 Å². The first-order valence-corrected chi connectivity index (χ1v) is 15.2. The number of piperidine rings is 1.